The molecular formula is C24H36O4S4Se4. The van der Waals surface area contributed by atoms with Gasteiger partial charge in [0.1, 0.15) is 0 Å². The molecule has 0 amide bonds. The zero-order chi connectivity index (χ0) is 25.0. The molecule has 4 heterocycles. The number of thioether (sulfide) groups is 4. The summed E-state index contributed by atoms with van der Waals surface area (Å²) in [6.45, 7) is 8.00. The Hall–Kier alpha value is 2.54. The zero-order valence-electron chi connectivity index (χ0n) is 21.0. The van der Waals surface area contributed by atoms with Crippen LogP contribution in [0.25, 0.3) is 0 Å². The van der Waals surface area contributed by atoms with Crippen LogP contribution in [0.15, 0.2) is 22.8 Å². The van der Waals surface area contributed by atoms with Gasteiger partial charge in [0.2, 0.25) is 0 Å². The fourth-order valence-electron chi connectivity index (χ4n) is 3.64. The third-order valence-corrected chi connectivity index (χ3v) is 25.6. The van der Waals surface area contributed by atoms with E-state index in [1.54, 1.807) is 22.8 Å². The zero-order valence-corrected chi connectivity index (χ0v) is 31.1. The Morgan fingerprint density at radius 1 is 0.778 bits per heavy atom. The van der Waals surface area contributed by atoms with Gasteiger partial charge in [0, 0.05) is 0 Å². The summed E-state index contributed by atoms with van der Waals surface area (Å²) in [5.74, 6) is 2.10. The van der Waals surface area contributed by atoms with E-state index in [0.29, 0.717) is 59.8 Å². The van der Waals surface area contributed by atoms with Crippen molar-refractivity contribution in [2.24, 2.45) is 0 Å². The molecule has 2 atom stereocenters. The van der Waals surface area contributed by atoms with Gasteiger partial charge in [-0.25, -0.2) is 0 Å². The van der Waals surface area contributed by atoms with Crippen molar-refractivity contribution in [2.45, 2.75) is 75.6 Å². The molecule has 0 bridgehead atoms. The van der Waals surface area contributed by atoms with Crippen LogP contribution in [0.5, 0.6) is 0 Å². The van der Waals surface area contributed by atoms with Crippen molar-refractivity contribution in [1.82, 2.24) is 0 Å². The molecule has 2 saturated heterocycles. The van der Waals surface area contributed by atoms with Gasteiger partial charge in [-0.1, -0.05) is 0 Å². The molecule has 204 valence electrons. The van der Waals surface area contributed by atoms with Crippen LogP contribution in [0.3, 0.4) is 0 Å². The van der Waals surface area contributed by atoms with Crippen LogP contribution >= 0.6 is 47.0 Å². The van der Waals surface area contributed by atoms with Crippen molar-refractivity contribution in [3.05, 3.63) is 22.8 Å². The first-order valence-corrected chi connectivity index (χ1v) is 23.8. The van der Waals surface area contributed by atoms with E-state index in [2.05, 4.69) is 60.9 Å². The van der Waals surface area contributed by atoms with Gasteiger partial charge in [-0.3, -0.25) is 0 Å². The van der Waals surface area contributed by atoms with E-state index in [9.17, 15) is 0 Å². The van der Waals surface area contributed by atoms with Crippen LogP contribution in [-0.2, 0) is 18.9 Å². The van der Waals surface area contributed by atoms with E-state index < -0.39 is 0 Å². The number of ether oxygens (including phenoxy) is 4. The van der Waals surface area contributed by atoms with Gasteiger partial charge in [0.15, 0.2) is 0 Å². The third-order valence-electron chi connectivity index (χ3n) is 5.31. The molecule has 0 aromatic carbocycles. The Morgan fingerprint density at radius 2 is 1.25 bits per heavy atom. The number of hydrogen-bond donors (Lipinski definition) is 0. The quantitative estimate of drug-likeness (QED) is 0.154. The number of hydrogen-bond acceptors (Lipinski definition) is 8. The standard InChI is InChI=1S/C24H36O4S4Se4/c1-3-33-21-19(29-15-13-27-17-9-5-7-11-25-17)35-23(31-21)24-32-22(34-4-2)20(36-24)30-16-14-28-18-10-6-8-12-26-18/h17-18H,3-16H2,1-2H3/b24-23+. The Morgan fingerprint density at radius 3 is 1.64 bits per heavy atom. The molecule has 2 unspecified atom stereocenters. The third kappa shape index (κ3) is 10.4. The maximum absolute atomic E-state index is 6.01. The van der Waals surface area contributed by atoms with Crippen molar-refractivity contribution < 1.29 is 18.9 Å². The fraction of sp³-hybridized carbons (Fsp3) is 0.750. The van der Waals surface area contributed by atoms with Crippen molar-refractivity contribution in [2.75, 3.05) is 37.9 Å². The molecule has 4 nitrogen and oxygen atoms in total. The van der Waals surface area contributed by atoms with Gasteiger partial charge in [-0.05, 0) is 0 Å². The number of rotatable bonds is 14. The Bertz CT molecular complexity index is 735. The normalized spacial score (nSPS) is 27.5. The molecule has 4 aliphatic heterocycles. The predicted octanol–water partition coefficient (Wildman–Crippen LogP) is 6.11. The second-order valence-corrected chi connectivity index (χ2v) is 25.4. The second kappa shape index (κ2) is 18.2. The van der Waals surface area contributed by atoms with Gasteiger partial charge in [0.05, 0.1) is 0 Å². The first-order chi connectivity index (χ1) is 17.8. The van der Waals surface area contributed by atoms with Crippen molar-refractivity contribution in [3.8, 4) is 0 Å². The topological polar surface area (TPSA) is 36.9 Å². The first-order valence-electron chi connectivity index (χ1n) is 12.7. The molecule has 0 aromatic heterocycles. The summed E-state index contributed by atoms with van der Waals surface area (Å²) >= 11 is 10.6. The van der Waals surface area contributed by atoms with Crippen LogP contribution < -0.4 is 0 Å². The second-order valence-electron chi connectivity index (χ2n) is 8.03. The van der Waals surface area contributed by atoms with Crippen LogP contribution in [0.4, 0.5) is 0 Å². The molecule has 0 radical (unpaired) electrons. The summed E-state index contributed by atoms with van der Waals surface area (Å²) in [5.41, 5.74) is 0. The molecular weight excluding hydrogens is 796 g/mol. The van der Waals surface area contributed by atoms with E-state index in [4.69, 9.17) is 18.9 Å². The minimum absolute atomic E-state index is 0.0350. The van der Waals surface area contributed by atoms with Gasteiger partial charge in [0.25, 0.3) is 0 Å². The molecule has 0 aliphatic carbocycles. The van der Waals surface area contributed by atoms with Gasteiger partial charge in [-0.15, -0.1) is 0 Å². The molecule has 0 spiro atoms. The van der Waals surface area contributed by atoms with E-state index in [1.165, 1.54) is 36.3 Å². The van der Waals surface area contributed by atoms with Crippen molar-refractivity contribution in [3.63, 3.8) is 0 Å². The van der Waals surface area contributed by atoms with E-state index >= 15 is 0 Å². The maximum atomic E-state index is 6.01. The fourth-order valence-corrected chi connectivity index (χ4v) is 26.1. The summed E-state index contributed by atoms with van der Waals surface area (Å²) in [6.07, 6.45) is 7.02. The molecule has 4 rings (SSSR count). The minimum atomic E-state index is 0.0350. The summed E-state index contributed by atoms with van der Waals surface area (Å²) in [5, 5.41) is 2.58. The van der Waals surface area contributed by atoms with Crippen LogP contribution in [-0.4, -0.2) is 110 Å². The molecule has 4 aliphatic rings. The average molecular weight is 833 g/mol. The SMILES string of the molecule is CC[Se]C1=C(SCCOC2CCCCO2)[Se]/C(=C2\SC([Se]CC)=C(SCCOC3CCCCO3)[Se]2)S1. The summed E-state index contributed by atoms with van der Waals surface area (Å²) in [4.78, 5) is 0. The van der Waals surface area contributed by atoms with E-state index in [0.717, 1.165) is 50.8 Å². The molecule has 36 heavy (non-hydrogen) atoms. The monoisotopic (exact) mass is 836 g/mol. The molecule has 12 heteroatoms. The molecule has 0 saturated carbocycles. The summed E-state index contributed by atoms with van der Waals surface area (Å²) < 4.78 is 33.7. The van der Waals surface area contributed by atoms with Gasteiger partial charge < -0.3 is 0 Å². The summed E-state index contributed by atoms with van der Waals surface area (Å²) in [6, 6.07) is 0. The first kappa shape index (κ1) is 31.5. The molecule has 0 N–H and O–H groups in total. The van der Waals surface area contributed by atoms with Crippen LogP contribution in [0.1, 0.15) is 52.4 Å². The predicted molar refractivity (Wildman–Crippen MR) is 164 cm³/mol. The molecule has 0 aromatic rings. The Balaban J connectivity index is 1.25. The van der Waals surface area contributed by atoms with E-state index in [-0.39, 0.29) is 12.6 Å². The summed E-state index contributed by atoms with van der Waals surface area (Å²) in [7, 11) is 0. The van der Waals surface area contributed by atoms with Gasteiger partial charge in [-0.2, -0.15) is 0 Å². The van der Waals surface area contributed by atoms with E-state index in [1.807, 2.05) is 0 Å². The Labute approximate surface area is 259 Å². The molecule has 2 fully saturated rings. The van der Waals surface area contributed by atoms with Gasteiger partial charge >= 0.3 is 262 Å². The average Bonchev–Trinajstić information content (AvgIpc) is 3.50. The van der Waals surface area contributed by atoms with Crippen molar-refractivity contribution in [1.29, 1.82) is 0 Å². The Kier molecular flexibility index (Phi) is 15.9. The van der Waals surface area contributed by atoms with Crippen molar-refractivity contribution >= 4 is 107 Å². The van der Waals surface area contributed by atoms with Crippen LogP contribution in [0, 0.1) is 0 Å². The van der Waals surface area contributed by atoms with Crippen LogP contribution in [0.2, 0.25) is 10.6 Å².